The first kappa shape index (κ1) is 16.4. The molecule has 1 atom stereocenters. The first-order valence-corrected chi connectivity index (χ1v) is 7.84. The van der Waals surface area contributed by atoms with E-state index in [1.54, 1.807) is 11.0 Å². The molecule has 3 rings (SSSR count). The van der Waals surface area contributed by atoms with Crippen molar-refractivity contribution in [3.8, 4) is 5.75 Å². The molecule has 1 N–H and O–H groups in total. The fourth-order valence-corrected chi connectivity index (χ4v) is 2.44. The molecule has 1 aliphatic rings. The topological polar surface area (TPSA) is 80.3 Å². The predicted molar refractivity (Wildman–Crippen MR) is 82.9 cm³/mol. The molecule has 7 nitrogen and oxygen atoms in total. The molecule has 1 fully saturated rings. The molecule has 2 heterocycles. The highest BCUT2D eigenvalue weighted by molar-refractivity contribution is 5.77. The molecule has 8 heteroatoms. The van der Waals surface area contributed by atoms with Crippen LogP contribution in [0.3, 0.4) is 0 Å². The maximum Gasteiger partial charge on any atom is 0.260 e. The Morgan fingerprint density at radius 3 is 3.17 bits per heavy atom. The van der Waals surface area contributed by atoms with Gasteiger partial charge in [0.15, 0.2) is 12.4 Å². The van der Waals surface area contributed by atoms with Crippen LogP contribution in [0.25, 0.3) is 0 Å². The van der Waals surface area contributed by atoms with Crippen molar-refractivity contribution >= 4 is 5.91 Å². The highest BCUT2D eigenvalue weighted by Gasteiger charge is 2.28. The van der Waals surface area contributed by atoms with Crippen molar-refractivity contribution < 1.29 is 18.7 Å². The number of amides is 1. The Balaban J connectivity index is 1.56. The normalized spacial score (nSPS) is 17.8. The van der Waals surface area contributed by atoms with Crippen molar-refractivity contribution in [1.82, 2.24) is 20.1 Å². The number of aryl methyl sites for hydroxylation is 1. The summed E-state index contributed by atoms with van der Waals surface area (Å²) in [7, 11) is 0. The van der Waals surface area contributed by atoms with Gasteiger partial charge in [0.05, 0.1) is 13.2 Å². The van der Waals surface area contributed by atoms with Crippen molar-refractivity contribution in [2.75, 3.05) is 26.3 Å². The molecule has 0 spiro atoms. The minimum absolute atomic E-state index is 0.148. The van der Waals surface area contributed by atoms with Crippen molar-refractivity contribution in [2.45, 2.75) is 19.4 Å². The third-order valence-electron chi connectivity index (χ3n) is 3.75. The van der Waals surface area contributed by atoms with Gasteiger partial charge in [-0.1, -0.05) is 13.0 Å². The lowest BCUT2D eigenvalue weighted by Gasteiger charge is -2.31. The SMILES string of the molecule is CCc1nc([C@@H]2CN(C(=O)COc3cccc(F)c3)CCO2)n[nH]1. The Bertz CT molecular complexity index is 706. The third kappa shape index (κ3) is 3.88. The van der Waals surface area contributed by atoms with Crippen LogP contribution in [0, 0.1) is 5.82 Å². The molecule has 1 saturated heterocycles. The van der Waals surface area contributed by atoms with Crippen LogP contribution >= 0.6 is 0 Å². The van der Waals surface area contributed by atoms with Gasteiger partial charge in [0.2, 0.25) is 0 Å². The lowest BCUT2D eigenvalue weighted by atomic mass is 10.2. The Morgan fingerprint density at radius 1 is 1.54 bits per heavy atom. The number of hydrogen-bond donors (Lipinski definition) is 1. The Kier molecular flexibility index (Phi) is 5.05. The van der Waals surface area contributed by atoms with E-state index in [1.165, 1.54) is 18.2 Å². The first-order chi connectivity index (χ1) is 11.7. The lowest BCUT2D eigenvalue weighted by Crippen LogP contribution is -2.44. The Hall–Kier alpha value is -2.48. The van der Waals surface area contributed by atoms with Gasteiger partial charge in [-0.15, -0.1) is 0 Å². The average Bonchev–Trinajstić information content (AvgIpc) is 3.09. The van der Waals surface area contributed by atoms with Gasteiger partial charge in [0, 0.05) is 19.0 Å². The van der Waals surface area contributed by atoms with E-state index in [0.29, 0.717) is 31.3 Å². The molecule has 0 bridgehead atoms. The van der Waals surface area contributed by atoms with Crippen LogP contribution < -0.4 is 4.74 Å². The molecular formula is C16H19FN4O3. The number of aromatic nitrogens is 3. The maximum absolute atomic E-state index is 13.1. The summed E-state index contributed by atoms with van der Waals surface area (Å²) >= 11 is 0. The number of nitrogens with one attached hydrogen (secondary N) is 1. The summed E-state index contributed by atoms with van der Waals surface area (Å²) in [5.74, 6) is 1.08. The molecule has 0 radical (unpaired) electrons. The zero-order valence-corrected chi connectivity index (χ0v) is 13.4. The summed E-state index contributed by atoms with van der Waals surface area (Å²) in [6.07, 6.45) is 0.400. The molecular weight excluding hydrogens is 315 g/mol. The van der Waals surface area contributed by atoms with Gasteiger partial charge in [0.1, 0.15) is 23.5 Å². The first-order valence-electron chi connectivity index (χ1n) is 7.84. The molecule has 0 unspecified atom stereocenters. The van der Waals surface area contributed by atoms with E-state index in [0.717, 1.165) is 12.2 Å². The monoisotopic (exact) mass is 334 g/mol. The van der Waals surface area contributed by atoms with Gasteiger partial charge in [-0.2, -0.15) is 5.10 Å². The molecule has 1 aromatic carbocycles. The molecule has 1 amide bonds. The summed E-state index contributed by atoms with van der Waals surface area (Å²) in [6.45, 7) is 3.08. The van der Waals surface area contributed by atoms with Gasteiger partial charge in [-0.25, -0.2) is 9.37 Å². The van der Waals surface area contributed by atoms with Gasteiger partial charge in [-0.3, -0.25) is 9.89 Å². The minimum Gasteiger partial charge on any atom is -0.484 e. The quantitative estimate of drug-likeness (QED) is 0.896. The van der Waals surface area contributed by atoms with Crippen LogP contribution in [0.2, 0.25) is 0 Å². The number of ether oxygens (including phenoxy) is 2. The summed E-state index contributed by atoms with van der Waals surface area (Å²) in [4.78, 5) is 18.3. The molecule has 24 heavy (non-hydrogen) atoms. The van der Waals surface area contributed by atoms with E-state index < -0.39 is 5.82 Å². The van der Waals surface area contributed by atoms with Crippen molar-refractivity contribution in [1.29, 1.82) is 0 Å². The number of aromatic amines is 1. The smallest absolute Gasteiger partial charge is 0.260 e. The van der Waals surface area contributed by atoms with Gasteiger partial charge >= 0.3 is 0 Å². The fourth-order valence-electron chi connectivity index (χ4n) is 2.44. The van der Waals surface area contributed by atoms with Crippen molar-refractivity contribution in [3.63, 3.8) is 0 Å². The Morgan fingerprint density at radius 2 is 2.42 bits per heavy atom. The largest absolute Gasteiger partial charge is 0.484 e. The number of H-pyrrole nitrogens is 1. The Labute approximate surface area is 138 Å². The van der Waals surface area contributed by atoms with Crippen LogP contribution in [-0.4, -0.2) is 52.3 Å². The standard InChI is InChI=1S/C16H19FN4O3/c1-2-14-18-16(20-19-14)13-9-21(6-7-23-13)15(22)10-24-12-5-3-4-11(17)8-12/h3-5,8,13H,2,6-7,9-10H2,1H3,(H,18,19,20)/t13-/m0/s1. The second-order valence-electron chi connectivity index (χ2n) is 5.44. The zero-order chi connectivity index (χ0) is 16.9. The third-order valence-corrected chi connectivity index (χ3v) is 3.75. The highest BCUT2D eigenvalue weighted by Crippen LogP contribution is 2.19. The molecule has 128 valence electrons. The van der Waals surface area contributed by atoms with Crippen LogP contribution in [-0.2, 0) is 16.0 Å². The molecule has 1 aliphatic heterocycles. The van der Waals surface area contributed by atoms with Crippen LogP contribution in [0.15, 0.2) is 24.3 Å². The van der Waals surface area contributed by atoms with Crippen LogP contribution in [0.4, 0.5) is 4.39 Å². The summed E-state index contributed by atoms with van der Waals surface area (Å²) in [5.41, 5.74) is 0. The highest BCUT2D eigenvalue weighted by atomic mass is 19.1. The van der Waals surface area contributed by atoms with Gasteiger partial charge in [-0.05, 0) is 12.1 Å². The lowest BCUT2D eigenvalue weighted by molar-refractivity contribution is -0.141. The van der Waals surface area contributed by atoms with Crippen LogP contribution in [0.1, 0.15) is 24.7 Å². The van der Waals surface area contributed by atoms with E-state index in [-0.39, 0.29) is 18.6 Å². The van der Waals surface area contributed by atoms with Crippen LogP contribution in [0.5, 0.6) is 5.75 Å². The maximum atomic E-state index is 13.1. The van der Waals surface area contributed by atoms with Gasteiger partial charge < -0.3 is 14.4 Å². The average molecular weight is 334 g/mol. The number of halogens is 1. The van der Waals surface area contributed by atoms with Crippen molar-refractivity contribution in [2.24, 2.45) is 0 Å². The number of carbonyl (C=O) groups excluding carboxylic acids is 1. The van der Waals surface area contributed by atoms with E-state index in [4.69, 9.17) is 9.47 Å². The molecule has 0 aliphatic carbocycles. The second-order valence-corrected chi connectivity index (χ2v) is 5.44. The minimum atomic E-state index is -0.400. The van der Waals surface area contributed by atoms with E-state index in [2.05, 4.69) is 15.2 Å². The molecule has 0 saturated carbocycles. The van der Waals surface area contributed by atoms with E-state index >= 15 is 0 Å². The molecule has 2 aromatic rings. The number of carbonyl (C=O) groups is 1. The number of nitrogens with zero attached hydrogens (tertiary/aromatic N) is 3. The predicted octanol–water partition coefficient (Wildman–Crippen LogP) is 1.49. The second kappa shape index (κ2) is 7.39. The summed E-state index contributed by atoms with van der Waals surface area (Å²) in [6, 6.07) is 5.71. The van der Waals surface area contributed by atoms with Gasteiger partial charge in [0.25, 0.3) is 5.91 Å². The summed E-state index contributed by atoms with van der Waals surface area (Å²) in [5, 5.41) is 6.98. The zero-order valence-electron chi connectivity index (χ0n) is 13.4. The number of benzene rings is 1. The van der Waals surface area contributed by atoms with Crippen molar-refractivity contribution in [3.05, 3.63) is 41.7 Å². The number of morpholine rings is 1. The fraction of sp³-hybridized carbons (Fsp3) is 0.438. The summed E-state index contributed by atoms with van der Waals surface area (Å²) < 4.78 is 24.1. The number of hydrogen-bond acceptors (Lipinski definition) is 5. The number of rotatable bonds is 5. The van der Waals surface area contributed by atoms with E-state index in [1.807, 2.05) is 6.92 Å². The van der Waals surface area contributed by atoms with E-state index in [9.17, 15) is 9.18 Å². The molecule has 1 aromatic heterocycles.